The van der Waals surface area contributed by atoms with Gasteiger partial charge in [0.05, 0.1) is 34.7 Å². The summed E-state index contributed by atoms with van der Waals surface area (Å²) in [6, 6.07) is 0. The van der Waals surface area contributed by atoms with E-state index in [1.54, 1.807) is 13.0 Å². The van der Waals surface area contributed by atoms with Gasteiger partial charge >= 0.3 is 5.97 Å². The summed E-state index contributed by atoms with van der Waals surface area (Å²) in [5.41, 5.74) is 1.01. The van der Waals surface area contributed by atoms with Crippen LogP contribution in [-0.2, 0) is 19.1 Å². The summed E-state index contributed by atoms with van der Waals surface area (Å²) in [6.07, 6.45) is 3.60. The van der Waals surface area contributed by atoms with Crippen molar-refractivity contribution in [2.24, 2.45) is 17.3 Å². The molecule has 35 heavy (non-hydrogen) atoms. The Bertz CT molecular complexity index is 1030. The maximum absolute atomic E-state index is 13.1. The van der Waals surface area contributed by atoms with Crippen LogP contribution in [0.4, 0.5) is 0 Å². The number of aromatic nitrogens is 1. The van der Waals surface area contributed by atoms with E-state index in [9.17, 15) is 24.6 Å². The van der Waals surface area contributed by atoms with E-state index in [1.165, 1.54) is 38.2 Å². The number of Topliss-reactive ketones (excluding diaryl/α,β-unsaturated/α-hetero) is 1. The van der Waals surface area contributed by atoms with E-state index >= 15 is 0 Å². The normalized spacial score (nSPS) is 29.6. The average molecular weight is 504 g/mol. The van der Waals surface area contributed by atoms with Gasteiger partial charge < -0.3 is 14.9 Å². The van der Waals surface area contributed by atoms with Gasteiger partial charge in [0.2, 0.25) is 0 Å². The fourth-order valence-corrected chi connectivity index (χ4v) is 4.52. The van der Waals surface area contributed by atoms with E-state index in [-0.39, 0.29) is 12.2 Å². The number of cyclic esters (lactones) is 1. The van der Waals surface area contributed by atoms with Gasteiger partial charge in [0.15, 0.2) is 5.78 Å². The lowest BCUT2D eigenvalue weighted by atomic mass is 9.73. The van der Waals surface area contributed by atoms with Gasteiger partial charge in [-0.1, -0.05) is 45.4 Å². The number of rotatable bonds is 2. The minimum atomic E-state index is -1.33. The van der Waals surface area contributed by atoms with E-state index in [2.05, 4.69) is 4.98 Å². The molecule has 0 saturated carbocycles. The van der Waals surface area contributed by atoms with Gasteiger partial charge in [-0.3, -0.25) is 14.4 Å². The zero-order valence-electron chi connectivity index (χ0n) is 21.6. The van der Waals surface area contributed by atoms with Crippen molar-refractivity contribution >= 4 is 34.9 Å². The molecule has 2 N–H and O–H groups in total. The summed E-state index contributed by atoms with van der Waals surface area (Å²) in [6.45, 7) is 11.8. The second-order valence-electron chi connectivity index (χ2n) is 9.95. The average Bonchev–Trinajstić information content (AvgIpc) is 3.21. The molecule has 1 aromatic heterocycles. The van der Waals surface area contributed by atoms with E-state index in [4.69, 9.17) is 4.74 Å². The summed E-state index contributed by atoms with van der Waals surface area (Å²) in [7, 11) is 0. The quantitative estimate of drug-likeness (QED) is 0.581. The number of ketones is 2. The standard InChI is InChI=1S/C27H37NO6S/c1-15-8-10-21(29)17(3)25(32)18(4)26(33)27(6,7)23(30)13-24(31)34-22(11-9-15)16(2)12-20-14-35-19(5)28-20/h8-10,12,14,17-18,22-23,25,30,32H,11,13H2,1-7H3/t17-,18+,22-,23-,25-/m0/s1. The largest absolute Gasteiger partial charge is 0.457 e. The lowest BCUT2D eigenvalue weighted by molar-refractivity contribution is -0.154. The minimum absolute atomic E-state index is 0.298. The molecule has 0 amide bonds. The molecule has 7 nitrogen and oxygen atoms in total. The van der Waals surface area contributed by atoms with Crippen molar-refractivity contribution in [1.82, 2.24) is 4.98 Å². The SMILES string of the molecule is CC1=CC[C@@H](C(C)=Cc2csc(C)n2)OC(=O)C[C@H](O)C(C)(C)C(=O)[C@H](C)[C@@H](O)[C@@H](C)C(=O)C=C1. The molecule has 0 radical (unpaired) electrons. The molecule has 1 aliphatic rings. The molecule has 0 bridgehead atoms. The maximum Gasteiger partial charge on any atom is 0.309 e. The molecule has 0 unspecified atom stereocenters. The molecule has 5 atom stereocenters. The van der Waals surface area contributed by atoms with Gasteiger partial charge in [-0.15, -0.1) is 11.3 Å². The number of hydrogen-bond donors (Lipinski definition) is 2. The Kier molecular flexibility index (Phi) is 9.89. The lowest BCUT2D eigenvalue weighted by Crippen LogP contribution is -2.46. The Morgan fingerprint density at radius 2 is 1.80 bits per heavy atom. The number of aliphatic hydroxyl groups excluding tert-OH is 2. The number of esters is 1. The molecule has 1 aromatic rings. The summed E-state index contributed by atoms with van der Waals surface area (Å²) in [5.74, 6) is -3.07. The number of aryl methyl sites for hydroxylation is 1. The third-order valence-electron chi connectivity index (χ3n) is 6.67. The highest BCUT2D eigenvalue weighted by atomic mass is 32.1. The molecule has 2 heterocycles. The van der Waals surface area contributed by atoms with Crippen LogP contribution in [-0.4, -0.2) is 51.0 Å². The minimum Gasteiger partial charge on any atom is -0.457 e. The maximum atomic E-state index is 13.1. The van der Waals surface area contributed by atoms with Crippen LogP contribution < -0.4 is 0 Å². The molecule has 0 fully saturated rings. The first-order valence-electron chi connectivity index (χ1n) is 11.8. The first-order chi connectivity index (χ1) is 16.2. The number of hydrogen-bond acceptors (Lipinski definition) is 8. The fraction of sp³-hybridized carbons (Fsp3) is 0.556. The van der Waals surface area contributed by atoms with Crippen molar-refractivity contribution in [1.29, 1.82) is 0 Å². The fourth-order valence-electron chi connectivity index (χ4n) is 3.95. The van der Waals surface area contributed by atoms with Crippen LogP contribution >= 0.6 is 11.3 Å². The Hall–Kier alpha value is -2.42. The first-order valence-corrected chi connectivity index (χ1v) is 12.7. The van der Waals surface area contributed by atoms with Crippen molar-refractivity contribution < 1.29 is 29.3 Å². The molecule has 0 aliphatic carbocycles. The highest BCUT2D eigenvalue weighted by Crippen LogP contribution is 2.31. The van der Waals surface area contributed by atoms with Crippen LogP contribution in [0.25, 0.3) is 6.08 Å². The van der Waals surface area contributed by atoms with E-state index in [1.807, 2.05) is 38.3 Å². The summed E-state index contributed by atoms with van der Waals surface area (Å²) < 4.78 is 5.74. The Labute approximate surface area is 211 Å². The van der Waals surface area contributed by atoms with Gasteiger partial charge in [-0.05, 0) is 38.5 Å². The highest BCUT2D eigenvalue weighted by molar-refractivity contribution is 7.09. The van der Waals surface area contributed by atoms with Gasteiger partial charge in [0.25, 0.3) is 0 Å². The van der Waals surface area contributed by atoms with Crippen molar-refractivity contribution in [2.75, 3.05) is 0 Å². The van der Waals surface area contributed by atoms with Gasteiger partial charge in [-0.25, -0.2) is 4.98 Å². The van der Waals surface area contributed by atoms with Crippen LogP contribution in [0.5, 0.6) is 0 Å². The number of ether oxygens (including phenoxy) is 1. The third kappa shape index (κ3) is 7.53. The number of aliphatic hydroxyl groups is 2. The van der Waals surface area contributed by atoms with E-state index in [0.29, 0.717) is 6.42 Å². The van der Waals surface area contributed by atoms with Gasteiger partial charge in [0, 0.05) is 23.6 Å². The Balaban J connectivity index is 2.43. The van der Waals surface area contributed by atoms with Crippen LogP contribution in [0.2, 0.25) is 0 Å². The lowest BCUT2D eigenvalue weighted by Gasteiger charge is -2.34. The predicted octanol–water partition coefficient (Wildman–Crippen LogP) is 4.22. The van der Waals surface area contributed by atoms with Crippen LogP contribution in [0.15, 0.2) is 34.8 Å². The smallest absolute Gasteiger partial charge is 0.309 e. The number of nitrogens with zero attached hydrogens (tertiary/aromatic N) is 1. The molecule has 1 aliphatic heterocycles. The Morgan fingerprint density at radius 3 is 2.40 bits per heavy atom. The summed E-state index contributed by atoms with van der Waals surface area (Å²) in [5, 5.41) is 24.3. The van der Waals surface area contributed by atoms with Crippen LogP contribution in [0.3, 0.4) is 0 Å². The molecule has 2 rings (SSSR count). The van der Waals surface area contributed by atoms with Crippen molar-refractivity contribution in [3.8, 4) is 0 Å². The number of carbonyl (C=O) groups excluding carboxylic acids is 3. The van der Waals surface area contributed by atoms with Gasteiger partial charge in [-0.2, -0.15) is 0 Å². The second kappa shape index (κ2) is 12.0. The number of thiazole rings is 1. The van der Waals surface area contributed by atoms with Gasteiger partial charge in [0.1, 0.15) is 11.9 Å². The van der Waals surface area contributed by atoms with Crippen molar-refractivity contribution in [2.45, 2.75) is 79.6 Å². The molecule has 192 valence electrons. The monoisotopic (exact) mass is 503 g/mol. The number of carbonyl (C=O) groups is 3. The summed E-state index contributed by atoms with van der Waals surface area (Å²) >= 11 is 1.52. The molecule has 8 heteroatoms. The molecule has 0 aromatic carbocycles. The zero-order chi connectivity index (χ0) is 26.5. The predicted molar refractivity (Wildman–Crippen MR) is 137 cm³/mol. The van der Waals surface area contributed by atoms with Crippen LogP contribution in [0, 0.1) is 24.2 Å². The van der Waals surface area contributed by atoms with Crippen molar-refractivity contribution in [3.63, 3.8) is 0 Å². The van der Waals surface area contributed by atoms with Crippen LogP contribution in [0.1, 0.15) is 65.1 Å². The Morgan fingerprint density at radius 1 is 1.14 bits per heavy atom. The highest BCUT2D eigenvalue weighted by Gasteiger charge is 2.43. The molecular weight excluding hydrogens is 466 g/mol. The zero-order valence-corrected chi connectivity index (χ0v) is 22.4. The second-order valence-corrected chi connectivity index (χ2v) is 11.0. The van der Waals surface area contributed by atoms with E-state index in [0.717, 1.165) is 21.8 Å². The summed E-state index contributed by atoms with van der Waals surface area (Å²) in [4.78, 5) is 43.0. The molecule has 0 spiro atoms. The third-order valence-corrected chi connectivity index (χ3v) is 7.47. The topological polar surface area (TPSA) is 114 Å². The first kappa shape index (κ1) is 28.8. The van der Waals surface area contributed by atoms with Crippen molar-refractivity contribution in [3.05, 3.63) is 45.5 Å². The number of allylic oxidation sites excluding steroid dienone is 3. The molecule has 0 saturated heterocycles. The van der Waals surface area contributed by atoms with E-state index < -0.39 is 47.3 Å². The molecular formula is C27H37NO6S.